The number of hydrogen-bond donors (Lipinski definition) is 0. The molecule has 1 atom stereocenters. The van der Waals surface area contributed by atoms with Crippen LogP contribution in [0.2, 0.25) is 0 Å². The highest BCUT2D eigenvalue weighted by molar-refractivity contribution is 5.23. The number of aryl methyl sites for hydroxylation is 2. The predicted octanol–water partition coefficient (Wildman–Crippen LogP) is 2.89. The Morgan fingerprint density at radius 2 is 2.04 bits per heavy atom. The standard InChI is InChI=1S/C19H27N5/c1-14-8-16(10-20-9-14)12-24-7-5-6-18(24)19-17(13-23(3)4)11-21-15(2)22-19/h8-11,18H,5-7,12-13H2,1-4H3/t18-/m0/s1. The third kappa shape index (κ3) is 3.97. The molecule has 1 fully saturated rings. The smallest absolute Gasteiger partial charge is 0.125 e. The molecule has 0 aliphatic carbocycles. The quantitative estimate of drug-likeness (QED) is 0.846. The van der Waals surface area contributed by atoms with Crippen molar-refractivity contribution in [3.63, 3.8) is 0 Å². The monoisotopic (exact) mass is 325 g/mol. The average molecular weight is 325 g/mol. The van der Waals surface area contributed by atoms with Gasteiger partial charge >= 0.3 is 0 Å². The highest BCUT2D eigenvalue weighted by atomic mass is 15.2. The molecule has 1 saturated heterocycles. The van der Waals surface area contributed by atoms with E-state index in [0.29, 0.717) is 6.04 Å². The second-order valence-electron chi connectivity index (χ2n) is 7.06. The lowest BCUT2D eigenvalue weighted by atomic mass is 10.0. The molecular weight excluding hydrogens is 298 g/mol. The summed E-state index contributed by atoms with van der Waals surface area (Å²) in [6, 6.07) is 2.61. The summed E-state index contributed by atoms with van der Waals surface area (Å²) < 4.78 is 0. The van der Waals surface area contributed by atoms with E-state index >= 15 is 0 Å². The minimum Gasteiger partial charge on any atom is -0.305 e. The number of rotatable bonds is 5. The maximum absolute atomic E-state index is 4.82. The molecule has 0 aromatic carbocycles. The third-order valence-electron chi connectivity index (χ3n) is 4.50. The van der Waals surface area contributed by atoms with Crippen LogP contribution in [-0.4, -0.2) is 45.4 Å². The summed E-state index contributed by atoms with van der Waals surface area (Å²) in [7, 11) is 4.18. The molecule has 0 saturated carbocycles. The molecule has 0 spiro atoms. The summed E-state index contributed by atoms with van der Waals surface area (Å²) in [5.74, 6) is 0.858. The molecule has 0 radical (unpaired) electrons. The highest BCUT2D eigenvalue weighted by Gasteiger charge is 2.29. The zero-order chi connectivity index (χ0) is 17.1. The Labute approximate surface area is 144 Å². The fraction of sp³-hybridized carbons (Fsp3) is 0.526. The molecule has 3 heterocycles. The molecule has 0 N–H and O–H groups in total. The van der Waals surface area contributed by atoms with E-state index in [1.807, 2.05) is 25.5 Å². The second kappa shape index (κ2) is 7.36. The van der Waals surface area contributed by atoms with Crippen LogP contribution in [0.15, 0.2) is 24.7 Å². The maximum atomic E-state index is 4.82. The van der Waals surface area contributed by atoms with E-state index in [1.54, 1.807) is 0 Å². The Balaban J connectivity index is 1.86. The van der Waals surface area contributed by atoms with Gasteiger partial charge in [0.2, 0.25) is 0 Å². The first-order chi connectivity index (χ1) is 11.5. The number of likely N-dealkylation sites (tertiary alicyclic amines) is 1. The van der Waals surface area contributed by atoms with Gasteiger partial charge in [0, 0.05) is 37.2 Å². The fourth-order valence-corrected chi connectivity index (χ4v) is 3.53. The van der Waals surface area contributed by atoms with Gasteiger partial charge in [-0.25, -0.2) is 9.97 Å². The molecule has 0 amide bonds. The molecule has 1 aliphatic heterocycles. The zero-order valence-corrected chi connectivity index (χ0v) is 15.2. The Kier molecular flexibility index (Phi) is 5.21. The van der Waals surface area contributed by atoms with Gasteiger partial charge in [0.15, 0.2) is 0 Å². The minimum absolute atomic E-state index is 0.377. The fourth-order valence-electron chi connectivity index (χ4n) is 3.53. The molecule has 5 nitrogen and oxygen atoms in total. The number of nitrogens with zero attached hydrogens (tertiary/aromatic N) is 5. The van der Waals surface area contributed by atoms with Crippen LogP contribution in [0.1, 0.15) is 47.1 Å². The van der Waals surface area contributed by atoms with Crippen LogP contribution in [0.3, 0.4) is 0 Å². The summed E-state index contributed by atoms with van der Waals surface area (Å²) >= 11 is 0. The van der Waals surface area contributed by atoms with Crippen LogP contribution in [0.25, 0.3) is 0 Å². The van der Waals surface area contributed by atoms with E-state index in [1.165, 1.54) is 28.8 Å². The largest absolute Gasteiger partial charge is 0.305 e. The molecular formula is C19H27N5. The van der Waals surface area contributed by atoms with Crippen LogP contribution in [-0.2, 0) is 13.1 Å². The summed E-state index contributed by atoms with van der Waals surface area (Å²) in [6.45, 7) is 7.01. The van der Waals surface area contributed by atoms with E-state index in [4.69, 9.17) is 4.98 Å². The van der Waals surface area contributed by atoms with E-state index in [9.17, 15) is 0 Å². The highest BCUT2D eigenvalue weighted by Crippen LogP contribution is 2.34. The first-order valence-electron chi connectivity index (χ1n) is 8.64. The van der Waals surface area contributed by atoms with Crippen LogP contribution < -0.4 is 0 Å². The summed E-state index contributed by atoms with van der Waals surface area (Å²) in [6.07, 6.45) is 8.27. The SMILES string of the molecule is Cc1cncc(CN2CCC[C@H]2c2nc(C)ncc2CN(C)C)c1. The van der Waals surface area contributed by atoms with Crippen molar-refractivity contribution < 1.29 is 0 Å². The van der Waals surface area contributed by atoms with Crippen molar-refractivity contribution in [2.24, 2.45) is 0 Å². The van der Waals surface area contributed by atoms with Gasteiger partial charge in [0.05, 0.1) is 11.7 Å². The van der Waals surface area contributed by atoms with Crippen molar-refractivity contribution in [3.05, 3.63) is 52.9 Å². The number of aromatic nitrogens is 3. The van der Waals surface area contributed by atoms with E-state index in [-0.39, 0.29) is 0 Å². The minimum atomic E-state index is 0.377. The van der Waals surface area contributed by atoms with Gasteiger partial charge < -0.3 is 4.90 Å². The molecule has 0 bridgehead atoms. The van der Waals surface area contributed by atoms with Gasteiger partial charge in [-0.15, -0.1) is 0 Å². The molecule has 24 heavy (non-hydrogen) atoms. The number of hydrogen-bond acceptors (Lipinski definition) is 5. The Bertz CT molecular complexity index is 698. The molecule has 128 valence electrons. The summed E-state index contributed by atoms with van der Waals surface area (Å²) in [4.78, 5) is 18.3. The Morgan fingerprint density at radius 1 is 1.21 bits per heavy atom. The van der Waals surface area contributed by atoms with E-state index < -0.39 is 0 Å². The van der Waals surface area contributed by atoms with Crippen LogP contribution in [0, 0.1) is 13.8 Å². The Morgan fingerprint density at radius 3 is 2.79 bits per heavy atom. The molecule has 2 aromatic heterocycles. The van der Waals surface area contributed by atoms with Gasteiger partial charge in [0.1, 0.15) is 5.82 Å². The van der Waals surface area contributed by atoms with E-state index in [2.05, 4.69) is 46.9 Å². The third-order valence-corrected chi connectivity index (χ3v) is 4.50. The zero-order valence-electron chi connectivity index (χ0n) is 15.2. The van der Waals surface area contributed by atoms with Crippen LogP contribution in [0.5, 0.6) is 0 Å². The van der Waals surface area contributed by atoms with Gasteiger partial charge in [-0.2, -0.15) is 0 Å². The first kappa shape index (κ1) is 17.0. The van der Waals surface area contributed by atoms with Gasteiger partial charge in [-0.3, -0.25) is 9.88 Å². The molecule has 2 aromatic rings. The maximum Gasteiger partial charge on any atom is 0.125 e. The van der Waals surface area contributed by atoms with Crippen molar-refractivity contribution in [1.29, 1.82) is 0 Å². The van der Waals surface area contributed by atoms with Gasteiger partial charge in [-0.1, -0.05) is 6.07 Å². The van der Waals surface area contributed by atoms with Crippen molar-refractivity contribution in [2.45, 2.75) is 45.8 Å². The lowest BCUT2D eigenvalue weighted by Crippen LogP contribution is -2.26. The van der Waals surface area contributed by atoms with Crippen molar-refractivity contribution in [3.8, 4) is 0 Å². The lowest BCUT2D eigenvalue weighted by molar-refractivity contribution is 0.241. The van der Waals surface area contributed by atoms with Gasteiger partial charge in [-0.05, 0) is 58.5 Å². The summed E-state index contributed by atoms with van der Waals surface area (Å²) in [5.41, 5.74) is 4.94. The van der Waals surface area contributed by atoms with Gasteiger partial charge in [0.25, 0.3) is 0 Å². The molecule has 1 aliphatic rings. The Hall–Kier alpha value is -1.85. The number of pyridine rings is 1. The van der Waals surface area contributed by atoms with Crippen LogP contribution in [0.4, 0.5) is 0 Å². The van der Waals surface area contributed by atoms with Crippen molar-refractivity contribution in [2.75, 3.05) is 20.6 Å². The topological polar surface area (TPSA) is 45.2 Å². The lowest BCUT2D eigenvalue weighted by Gasteiger charge is -2.26. The average Bonchev–Trinajstić information content (AvgIpc) is 2.96. The second-order valence-corrected chi connectivity index (χ2v) is 7.06. The molecule has 0 unspecified atom stereocenters. The van der Waals surface area contributed by atoms with E-state index in [0.717, 1.165) is 31.9 Å². The van der Waals surface area contributed by atoms with Crippen molar-refractivity contribution >= 4 is 0 Å². The predicted molar refractivity (Wildman–Crippen MR) is 95.5 cm³/mol. The van der Waals surface area contributed by atoms with Crippen LogP contribution >= 0.6 is 0 Å². The van der Waals surface area contributed by atoms with Crippen molar-refractivity contribution in [1.82, 2.24) is 24.8 Å². The normalized spacial score (nSPS) is 18.5. The first-order valence-corrected chi connectivity index (χ1v) is 8.64. The summed E-state index contributed by atoms with van der Waals surface area (Å²) in [5, 5.41) is 0. The molecule has 5 heteroatoms. The molecule has 3 rings (SSSR count).